The molecule has 3 atom stereocenters. The van der Waals surface area contributed by atoms with Crippen LogP contribution >= 0.6 is 0 Å². The zero-order valence-corrected chi connectivity index (χ0v) is 25.0. The number of carbonyl (C=O) groups is 2. The van der Waals surface area contributed by atoms with Gasteiger partial charge in [-0.05, 0) is 55.3 Å². The summed E-state index contributed by atoms with van der Waals surface area (Å²) in [6.45, 7) is 0.216. The first kappa shape index (κ1) is 32.0. The van der Waals surface area contributed by atoms with Gasteiger partial charge in [-0.15, -0.1) is 0 Å². The Kier molecular flexibility index (Phi) is 7.93. The van der Waals surface area contributed by atoms with Crippen LogP contribution in [0.15, 0.2) is 23.1 Å². The first-order valence-corrected chi connectivity index (χ1v) is 16.0. The quantitative estimate of drug-likeness (QED) is 0.251. The van der Waals surface area contributed by atoms with Crippen molar-refractivity contribution in [2.45, 2.75) is 87.5 Å². The number of carbonyl (C=O) groups excluding carboxylic acids is 2. The number of alkyl halides is 5. The highest BCUT2D eigenvalue weighted by molar-refractivity contribution is 7.86. The third-order valence-electron chi connectivity index (χ3n) is 8.70. The lowest BCUT2D eigenvalue weighted by molar-refractivity contribution is -0.149. The van der Waals surface area contributed by atoms with E-state index in [1.807, 2.05) is 5.32 Å². The normalized spacial score (nSPS) is 22.2. The van der Waals surface area contributed by atoms with E-state index in [0.29, 0.717) is 18.4 Å². The second-order valence-corrected chi connectivity index (χ2v) is 13.7. The zero-order chi connectivity index (χ0) is 33.2. The standard InChI is InChI=1S/C26H29F5N8O6S/c1-13(46(42,43)44)39(23(40)21-20(15-2-3-15)35-45-36-21)22(16-4-6-25(27,28)7-5-16)17-11-38-19(33-17)8-14(9-32-38)10-37-12-18(26(29,30)31)34-24(37)41/h8-9,11,13,15-16,18,22H,2-7,10,12H2,1H3,(H,34,41)(H,42,43,44)/t13?,18-,22-/m0/s1. The Morgan fingerprint density at radius 1 is 1.22 bits per heavy atom. The molecule has 46 heavy (non-hydrogen) atoms. The highest BCUT2D eigenvalue weighted by Crippen LogP contribution is 2.46. The summed E-state index contributed by atoms with van der Waals surface area (Å²) < 4.78 is 109. The Balaban J connectivity index is 1.38. The molecule has 14 nitrogen and oxygen atoms in total. The zero-order valence-electron chi connectivity index (χ0n) is 24.2. The molecule has 0 aromatic carbocycles. The van der Waals surface area contributed by atoms with Gasteiger partial charge in [-0.25, -0.2) is 27.7 Å². The number of rotatable bonds is 9. The molecule has 3 aromatic heterocycles. The maximum atomic E-state index is 14.2. The fourth-order valence-electron chi connectivity index (χ4n) is 6.04. The van der Waals surface area contributed by atoms with Crippen LogP contribution in [0, 0.1) is 5.92 Å². The molecule has 3 aromatic rings. The monoisotopic (exact) mass is 676 g/mol. The largest absolute Gasteiger partial charge is 0.410 e. The Morgan fingerprint density at radius 3 is 2.52 bits per heavy atom. The molecular weight excluding hydrogens is 647 g/mol. The van der Waals surface area contributed by atoms with Crippen molar-refractivity contribution in [2.24, 2.45) is 5.92 Å². The van der Waals surface area contributed by atoms with E-state index < -0.39 is 76.9 Å². The van der Waals surface area contributed by atoms with E-state index in [9.17, 15) is 44.5 Å². The Bertz CT molecular complexity index is 1750. The van der Waals surface area contributed by atoms with E-state index in [1.54, 1.807) is 0 Å². The molecule has 3 aliphatic rings. The van der Waals surface area contributed by atoms with Crippen molar-refractivity contribution in [2.75, 3.05) is 6.54 Å². The van der Waals surface area contributed by atoms with Gasteiger partial charge in [0.2, 0.25) is 5.92 Å². The average Bonchev–Trinajstić information content (AvgIpc) is 3.35. The predicted molar refractivity (Wildman–Crippen MR) is 145 cm³/mol. The van der Waals surface area contributed by atoms with Gasteiger partial charge in [0, 0.05) is 25.3 Å². The van der Waals surface area contributed by atoms with Crippen molar-refractivity contribution < 1.29 is 49.1 Å². The van der Waals surface area contributed by atoms with Gasteiger partial charge in [0.25, 0.3) is 16.0 Å². The summed E-state index contributed by atoms with van der Waals surface area (Å²) in [5.74, 6) is -4.81. The highest BCUT2D eigenvalue weighted by atomic mass is 32.2. The smallest absolute Gasteiger partial charge is 0.324 e. The van der Waals surface area contributed by atoms with Crippen molar-refractivity contribution in [3.05, 3.63) is 41.1 Å². The molecule has 250 valence electrons. The number of imidazole rings is 1. The molecule has 0 bridgehead atoms. The maximum Gasteiger partial charge on any atom is 0.410 e. The lowest BCUT2D eigenvalue weighted by atomic mass is 9.80. The SMILES string of the molecule is CC(N(C(=O)c1nonc1C1CC1)[C@H](c1cn2ncc(CN3C[C@@H](C(F)(F)F)NC3=O)cc2n1)C1CCC(F)(F)CC1)S(=O)(=O)O. The van der Waals surface area contributed by atoms with Crippen LogP contribution in [0.2, 0.25) is 0 Å². The Morgan fingerprint density at radius 2 is 1.91 bits per heavy atom. The van der Waals surface area contributed by atoms with Crippen LogP contribution in [0.1, 0.15) is 84.8 Å². The molecule has 2 aliphatic carbocycles. The summed E-state index contributed by atoms with van der Waals surface area (Å²) in [5.41, 5.74) is 0.447. The lowest BCUT2D eigenvalue weighted by Crippen LogP contribution is -2.49. The van der Waals surface area contributed by atoms with E-state index in [4.69, 9.17) is 4.63 Å². The second-order valence-electron chi connectivity index (χ2n) is 12.0. The molecule has 6 rings (SSSR count). The second kappa shape index (κ2) is 11.4. The molecule has 1 unspecified atom stereocenters. The Hall–Kier alpha value is -3.94. The molecule has 2 saturated carbocycles. The first-order chi connectivity index (χ1) is 21.5. The van der Waals surface area contributed by atoms with Gasteiger partial charge in [-0.2, -0.15) is 26.7 Å². The molecule has 2 N–H and O–H groups in total. The number of hydrogen-bond acceptors (Lipinski definition) is 9. The third-order valence-corrected chi connectivity index (χ3v) is 9.79. The van der Waals surface area contributed by atoms with Gasteiger partial charge in [0.05, 0.1) is 30.7 Å². The van der Waals surface area contributed by atoms with Crippen LogP contribution < -0.4 is 5.32 Å². The first-order valence-electron chi connectivity index (χ1n) is 14.5. The van der Waals surface area contributed by atoms with E-state index >= 15 is 0 Å². The van der Waals surface area contributed by atoms with E-state index in [0.717, 1.165) is 16.7 Å². The minimum absolute atomic E-state index is 0.0594. The molecule has 3 amide bonds. The topological polar surface area (TPSA) is 176 Å². The van der Waals surface area contributed by atoms with Crippen molar-refractivity contribution >= 4 is 27.7 Å². The van der Waals surface area contributed by atoms with Gasteiger partial charge >= 0.3 is 12.2 Å². The number of amides is 3. The number of urea groups is 1. The molecular formula is C26H29F5N8O6S. The molecule has 1 saturated heterocycles. The van der Waals surface area contributed by atoms with Crippen molar-refractivity contribution in [1.29, 1.82) is 0 Å². The van der Waals surface area contributed by atoms with Crippen molar-refractivity contribution in [1.82, 2.24) is 40.0 Å². The number of fused-ring (bicyclic) bond motifs is 1. The summed E-state index contributed by atoms with van der Waals surface area (Å²) >= 11 is 0. The molecule has 0 spiro atoms. The fraction of sp³-hybridized carbons (Fsp3) is 0.615. The highest BCUT2D eigenvalue weighted by Gasteiger charge is 2.48. The number of nitrogens with one attached hydrogen (secondary N) is 1. The van der Waals surface area contributed by atoms with Crippen LogP contribution in [0.25, 0.3) is 5.65 Å². The molecule has 3 fully saturated rings. The van der Waals surface area contributed by atoms with Crippen LogP contribution in [0.3, 0.4) is 0 Å². The van der Waals surface area contributed by atoms with Gasteiger partial charge in [0.1, 0.15) is 11.7 Å². The molecule has 20 heteroatoms. The summed E-state index contributed by atoms with van der Waals surface area (Å²) in [6.07, 6.45) is -1.89. The van der Waals surface area contributed by atoms with Gasteiger partial charge in [0.15, 0.2) is 16.7 Å². The van der Waals surface area contributed by atoms with Crippen molar-refractivity contribution in [3.63, 3.8) is 0 Å². The van der Waals surface area contributed by atoms with Gasteiger partial charge in [-0.1, -0.05) is 5.16 Å². The maximum absolute atomic E-state index is 14.2. The summed E-state index contributed by atoms with van der Waals surface area (Å²) in [5, 5.41) is 11.8. The van der Waals surface area contributed by atoms with Crippen LogP contribution in [0.5, 0.6) is 0 Å². The molecule has 4 heterocycles. The van der Waals surface area contributed by atoms with E-state index in [-0.39, 0.29) is 48.0 Å². The van der Waals surface area contributed by atoms with Crippen LogP contribution in [0.4, 0.5) is 26.7 Å². The number of halogens is 5. The lowest BCUT2D eigenvalue weighted by Gasteiger charge is -2.41. The third kappa shape index (κ3) is 6.36. The summed E-state index contributed by atoms with van der Waals surface area (Å²) in [4.78, 5) is 32.6. The summed E-state index contributed by atoms with van der Waals surface area (Å²) in [6, 6.07) is -2.78. The van der Waals surface area contributed by atoms with Crippen LogP contribution in [-0.2, 0) is 16.7 Å². The van der Waals surface area contributed by atoms with Gasteiger partial charge in [-0.3, -0.25) is 9.35 Å². The molecule has 0 radical (unpaired) electrons. The summed E-state index contributed by atoms with van der Waals surface area (Å²) in [7, 11) is -4.94. The minimum Gasteiger partial charge on any atom is -0.324 e. The molecule has 1 aliphatic heterocycles. The number of aromatic nitrogens is 5. The number of nitrogens with zero attached hydrogens (tertiary/aromatic N) is 7. The van der Waals surface area contributed by atoms with E-state index in [2.05, 4.69) is 20.4 Å². The van der Waals surface area contributed by atoms with Crippen LogP contribution in [-0.4, -0.2) is 89.7 Å². The van der Waals surface area contributed by atoms with Gasteiger partial charge < -0.3 is 15.1 Å². The van der Waals surface area contributed by atoms with E-state index in [1.165, 1.54) is 23.0 Å². The van der Waals surface area contributed by atoms with Crippen molar-refractivity contribution in [3.8, 4) is 0 Å². The Labute approximate surface area is 258 Å². The predicted octanol–water partition coefficient (Wildman–Crippen LogP) is 3.69. The number of hydrogen-bond donors (Lipinski definition) is 2. The minimum atomic E-state index is -4.94. The average molecular weight is 677 g/mol. The fourth-order valence-corrected chi connectivity index (χ4v) is 6.55.